The number of aromatic nitrogens is 1. The molecule has 0 bridgehead atoms. The molecular weight excluding hydrogens is 278 g/mol. The number of amides is 2. The van der Waals surface area contributed by atoms with Crippen LogP contribution in [0, 0.1) is 0 Å². The van der Waals surface area contributed by atoms with Crippen LogP contribution in [-0.2, 0) is 6.42 Å². The second-order valence-corrected chi connectivity index (χ2v) is 6.02. The van der Waals surface area contributed by atoms with Crippen LogP contribution in [0.3, 0.4) is 0 Å². The van der Waals surface area contributed by atoms with E-state index in [0.717, 1.165) is 37.6 Å². The number of H-pyrrole nitrogens is 1. The van der Waals surface area contributed by atoms with E-state index in [1.807, 2.05) is 18.3 Å². The number of benzene rings is 1. The Bertz CT molecular complexity index is 630. The Hall–Kier alpha value is -2.01. The number of hydrogen-bond donors (Lipinski definition) is 4. The number of aliphatic hydroxyl groups excluding tert-OH is 1. The van der Waals surface area contributed by atoms with Gasteiger partial charge in [0, 0.05) is 29.7 Å². The molecule has 1 aliphatic rings. The van der Waals surface area contributed by atoms with Gasteiger partial charge in [-0.05, 0) is 43.7 Å². The lowest BCUT2D eigenvalue weighted by molar-refractivity contribution is 0.117. The van der Waals surface area contributed by atoms with E-state index in [4.69, 9.17) is 0 Å². The summed E-state index contributed by atoms with van der Waals surface area (Å²) in [5, 5.41) is 16.6. The second kappa shape index (κ2) is 6.83. The van der Waals surface area contributed by atoms with Crippen LogP contribution in [0.15, 0.2) is 30.5 Å². The summed E-state index contributed by atoms with van der Waals surface area (Å²) in [6.07, 6.45) is 5.89. The van der Waals surface area contributed by atoms with Crippen molar-refractivity contribution >= 4 is 16.9 Å². The molecule has 1 aliphatic carbocycles. The highest BCUT2D eigenvalue weighted by Gasteiger charge is 2.20. The van der Waals surface area contributed by atoms with Crippen molar-refractivity contribution < 1.29 is 9.90 Å². The molecule has 0 radical (unpaired) electrons. The molecule has 118 valence electrons. The summed E-state index contributed by atoms with van der Waals surface area (Å²) >= 11 is 0. The Balaban J connectivity index is 1.44. The average molecular weight is 301 g/mol. The highest BCUT2D eigenvalue weighted by molar-refractivity contribution is 5.83. The van der Waals surface area contributed by atoms with E-state index in [1.165, 1.54) is 10.9 Å². The van der Waals surface area contributed by atoms with E-state index >= 15 is 0 Å². The van der Waals surface area contributed by atoms with Gasteiger partial charge in [-0.1, -0.05) is 18.2 Å². The van der Waals surface area contributed by atoms with Gasteiger partial charge in [0.2, 0.25) is 0 Å². The number of carbonyl (C=O) groups is 1. The van der Waals surface area contributed by atoms with Gasteiger partial charge < -0.3 is 20.7 Å². The van der Waals surface area contributed by atoms with Gasteiger partial charge in [-0.2, -0.15) is 0 Å². The summed E-state index contributed by atoms with van der Waals surface area (Å²) in [5.41, 5.74) is 2.35. The van der Waals surface area contributed by atoms with Crippen LogP contribution in [0.2, 0.25) is 0 Å². The zero-order valence-electron chi connectivity index (χ0n) is 12.6. The summed E-state index contributed by atoms with van der Waals surface area (Å²) in [6.45, 7) is 0.614. The van der Waals surface area contributed by atoms with Crippen molar-refractivity contribution in [1.29, 1.82) is 0 Å². The molecule has 0 atom stereocenters. The molecular formula is C17H23N3O2. The number of urea groups is 1. The lowest BCUT2D eigenvalue weighted by atomic mass is 9.93. The Morgan fingerprint density at radius 1 is 1.23 bits per heavy atom. The number of nitrogens with one attached hydrogen (secondary N) is 3. The fourth-order valence-corrected chi connectivity index (χ4v) is 3.11. The summed E-state index contributed by atoms with van der Waals surface area (Å²) < 4.78 is 0. The first-order chi connectivity index (χ1) is 10.7. The third-order valence-electron chi connectivity index (χ3n) is 4.39. The van der Waals surface area contributed by atoms with Crippen molar-refractivity contribution in [2.75, 3.05) is 6.54 Å². The summed E-state index contributed by atoms with van der Waals surface area (Å²) in [5.74, 6) is 0. The molecule has 0 saturated heterocycles. The zero-order chi connectivity index (χ0) is 15.4. The van der Waals surface area contributed by atoms with Crippen LogP contribution in [0.25, 0.3) is 10.9 Å². The van der Waals surface area contributed by atoms with Crippen molar-refractivity contribution in [3.63, 3.8) is 0 Å². The van der Waals surface area contributed by atoms with Gasteiger partial charge in [-0.15, -0.1) is 0 Å². The minimum atomic E-state index is -0.192. The van der Waals surface area contributed by atoms with Crippen LogP contribution < -0.4 is 10.6 Å². The predicted octanol–water partition coefficient (Wildman–Crippen LogP) is 2.31. The Morgan fingerprint density at radius 3 is 2.82 bits per heavy atom. The zero-order valence-corrected chi connectivity index (χ0v) is 12.6. The minimum absolute atomic E-state index is 0.110. The maximum atomic E-state index is 11.9. The van der Waals surface area contributed by atoms with E-state index in [0.29, 0.717) is 6.54 Å². The molecule has 1 aromatic carbocycles. The molecule has 2 aromatic rings. The Labute approximate surface area is 130 Å². The third kappa shape index (κ3) is 3.60. The highest BCUT2D eigenvalue weighted by atomic mass is 16.3. The summed E-state index contributed by atoms with van der Waals surface area (Å²) in [7, 11) is 0. The number of aromatic amines is 1. The number of aliphatic hydroxyl groups is 1. The van der Waals surface area contributed by atoms with Crippen LogP contribution in [0.4, 0.5) is 4.79 Å². The summed E-state index contributed by atoms with van der Waals surface area (Å²) in [6, 6.07) is 8.26. The normalized spacial score (nSPS) is 21.7. The average Bonchev–Trinajstić information content (AvgIpc) is 2.93. The Kier molecular flexibility index (Phi) is 4.63. The molecule has 0 aliphatic heterocycles. The van der Waals surface area contributed by atoms with E-state index in [2.05, 4.69) is 27.8 Å². The van der Waals surface area contributed by atoms with Gasteiger partial charge in [0.15, 0.2) is 0 Å². The van der Waals surface area contributed by atoms with Gasteiger partial charge in [-0.3, -0.25) is 0 Å². The lowest BCUT2D eigenvalue weighted by Crippen LogP contribution is -2.44. The number of hydrogen-bond acceptors (Lipinski definition) is 2. The minimum Gasteiger partial charge on any atom is -0.393 e. The number of para-hydroxylation sites is 1. The van der Waals surface area contributed by atoms with Crippen molar-refractivity contribution in [2.24, 2.45) is 0 Å². The maximum absolute atomic E-state index is 11.9. The van der Waals surface area contributed by atoms with Crippen molar-refractivity contribution in [2.45, 2.75) is 44.2 Å². The van der Waals surface area contributed by atoms with E-state index < -0.39 is 0 Å². The predicted molar refractivity (Wildman–Crippen MR) is 86.8 cm³/mol. The fraction of sp³-hybridized carbons (Fsp3) is 0.471. The molecule has 3 rings (SSSR count). The van der Waals surface area contributed by atoms with Crippen molar-refractivity contribution in [1.82, 2.24) is 15.6 Å². The quantitative estimate of drug-likeness (QED) is 0.699. The SMILES string of the molecule is O=C(NCCc1c[nH]c2ccccc12)NC1CCC(O)CC1. The van der Waals surface area contributed by atoms with E-state index in [1.54, 1.807) is 0 Å². The molecule has 1 fully saturated rings. The highest BCUT2D eigenvalue weighted by Crippen LogP contribution is 2.19. The van der Waals surface area contributed by atoms with Gasteiger partial charge in [0.1, 0.15) is 0 Å². The molecule has 5 nitrogen and oxygen atoms in total. The maximum Gasteiger partial charge on any atom is 0.315 e. The van der Waals surface area contributed by atoms with E-state index in [-0.39, 0.29) is 18.2 Å². The lowest BCUT2D eigenvalue weighted by Gasteiger charge is -2.26. The van der Waals surface area contributed by atoms with Crippen LogP contribution in [0.1, 0.15) is 31.2 Å². The smallest absolute Gasteiger partial charge is 0.315 e. The van der Waals surface area contributed by atoms with Crippen LogP contribution in [-0.4, -0.2) is 34.8 Å². The molecule has 1 saturated carbocycles. The molecule has 5 heteroatoms. The molecule has 0 unspecified atom stereocenters. The molecule has 1 heterocycles. The number of carbonyl (C=O) groups excluding carboxylic acids is 1. The molecule has 1 aromatic heterocycles. The topological polar surface area (TPSA) is 77.2 Å². The molecule has 2 amide bonds. The van der Waals surface area contributed by atoms with Gasteiger partial charge in [0.25, 0.3) is 0 Å². The molecule has 22 heavy (non-hydrogen) atoms. The molecule has 4 N–H and O–H groups in total. The largest absolute Gasteiger partial charge is 0.393 e. The number of fused-ring (bicyclic) bond motifs is 1. The van der Waals surface area contributed by atoms with Crippen LogP contribution in [0.5, 0.6) is 0 Å². The van der Waals surface area contributed by atoms with Gasteiger partial charge >= 0.3 is 6.03 Å². The first-order valence-corrected chi connectivity index (χ1v) is 8.00. The third-order valence-corrected chi connectivity index (χ3v) is 4.39. The van der Waals surface area contributed by atoms with Crippen LogP contribution >= 0.6 is 0 Å². The first-order valence-electron chi connectivity index (χ1n) is 8.00. The fourth-order valence-electron chi connectivity index (χ4n) is 3.11. The monoisotopic (exact) mass is 301 g/mol. The van der Waals surface area contributed by atoms with Crippen molar-refractivity contribution in [3.8, 4) is 0 Å². The number of rotatable bonds is 4. The standard InChI is InChI=1S/C17H23N3O2/c21-14-7-5-13(6-8-14)20-17(22)18-10-9-12-11-19-16-4-2-1-3-15(12)16/h1-4,11,13-14,19,21H,5-10H2,(H2,18,20,22). The second-order valence-electron chi connectivity index (χ2n) is 6.02. The van der Waals surface area contributed by atoms with Gasteiger partial charge in [0.05, 0.1) is 6.10 Å². The van der Waals surface area contributed by atoms with Crippen molar-refractivity contribution in [3.05, 3.63) is 36.0 Å². The van der Waals surface area contributed by atoms with E-state index in [9.17, 15) is 9.90 Å². The summed E-state index contributed by atoms with van der Waals surface area (Å²) in [4.78, 5) is 15.1. The Morgan fingerprint density at radius 2 is 2.00 bits per heavy atom. The van der Waals surface area contributed by atoms with Gasteiger partial charge in [-0.25, -0.2) is 4.79 Å². The molecule has 0 spiro atoms. The first kappa shape index (κ1) is 14.9.